The third kappa shape index (κ3) is 2.34. The Bertz CT molecular complexity index is 458. The van der Waals surface area contributed by atoms with E-state index in [1.165, 1.54) is 0 Å². The Morgan fingerprint density at radius 2 is 2.16 bits per heavy atom. The van der Waals surface area contributed by atoms with Crippen LogP contribution in [0.15, 0.2) is 6.20 Å². The van der Waals surface area contributed by atoms with Crippen LogP contribution in [0, 0.1) is 0 Å². The smallest absolute Gasteiger partial charge is 0.176 e. The summed E-state index contributed by atoms with van der Waals surface area (Å²) in [5.41, 5.74) is 0. The van der Waals surface area contributed by atoms with E-state index in [1.54, 1.807) is 6.20 Å². The maximum atomic E-state index is 11.3. The van der Waals surface area contributed by atoms with Gasteiger partial charge in [-0.3, -0.25) is 4.79 Å². The first-order valence-corrected chi connectivity index (χ1v) is 6.66. The lowest BCUT2D eigenvalue weighted by Gasteiger charge is -2.30. The van der Waals surface area contributed by atoms with Crippen LogP contribution in [0.3, 0.4) is 0 Å². The van der Waals surface area contributed by atoms with E-state index in [2.05, 4.69) is 29.1 Å². The molecule has 0 amide bonds. The number of carbonyl (C=O) groups excluding carboxylic acids is 1. The Morgan fingerprint density at radius 1 is 1.47 bits per heavy atom. The normalized spacial score (nSPS) is 17.3. The zero-order valence-corrected chi connectivity index (χ0v) is 11.9. The molecule has 1 N–H and O–H groups in total. The molecule has 0 radical (unpaired) electrons. The first kappa shape index (κ1) is 13.6. The summed E-state index contributed by atoms with van der Waals surface area (Å²) < 4.78 is 0. The number of aromatic nitrogens is 2. The van der Waals surface area contributed by atoms with Crippen LogP contribution in [0.25, 0.3) is 0 Å². The second kappa shape index (κ2) is 5.42. The Hall–Kier alpha value is -1.85. The van der Waals surface area contributed by atoms with Crippen LogP contribution in [0.5, 0.6) is 0 Å². The monoisotopic (exact) mass is 263 g/mol. The minimum atomic E-state index is -0.364. The molecule has 1 aliphatic heterocycles. The Balaban J connectivity index is 2.43. The summed E-state index contributed by atoms with van der Waals surface area (Å²) in [6.07, 6.45) is 4.20. The molecule has 6 heteroatoms. The second-order valence-corrected chi connectivity index (χ2v) is 4.90. The van der Waals surface area contributed by atoms with Crippen molar-refractivity contribution in [3.8, 4) is 0 Å². The molecule has 1 unspecified atom stereocenters. The van der Waals surface area contributed by atoms with Crippen molar-refractivity contribution in [2.75, 3.05) is 29.2 Å². The first-order valence-electron chi connectivity index (χ1n) is 6.66. The zero-order valence-electron chi connectivity index (χ0n) is 11.9. The van der Waals surface area contributed by atoms with Gasteiger partial charge in [-0.15, -0.1) is 0 Å². The molecule has 19 heavy (non-hydrogen) atoms. The fourth-order valence-electron chi connectivity index (χ4n) is 2.39. The van der Waals surface area contributed by atoms with E-state index in [-0.39, 0.29) is 12.2 Å². The molecule has 2 rings (SSSR count). The highest BCUT2D eigenvalue weighted by Gasteiger charge is 2.35. The minimum absolute atomic E-state index is 0.288. The van der Waals surface area contributed by atoms with E-state index >= 15 is 0 Å². The third-order valence-electron chi connectivity index (χ3n) is 3.49. The minimum Gasteiger partial charge on any atom is -0.361 e. The van der Waals surface area contributed by atoms with Crippen molar-refractivity contribution in [2.45, 2.75) is 38.9 Å². The predicted octanol–water partition coefficient (Wildman–Crippen LogP) is 1.49. The highest BCUT2D eigenvalue weighted by molar-refractivity contribution is 5.81. The maximum absolute atomic E-state index is 11.3. The van der Waals surface area contributed by atoms with Gasteiger partial charge in [0.1, 0.15) is 5.82 Å². The molecule has 0 spiro atoms. The lowest BCUT2D eigenvalue weighted by Crippen LogP contribution is -2.44. The summed E-state index contributed by atoms with van der Waals surface area (Å²) in [6.45, 7) is 4.24. The number of rotatable bonds is 5. The summed E-state index contributed by atoms with van der Waals surface area (Å²) in [7, 11) is 3.86. The largest absolute Gasteiger partial charge is 0.361 e. The molecule has 0 aliphatic carbocycles. The van der Waals surface area contributed by atoms with Crippen molar-refractivity contribution in [1.29, 1.82) is 0 Å². The molecular weight excluding hydrogens is 242 g/mol. The molecule has 0 fully saturated rings. The quantitative estimate of drug-likeness (QED) is 0.812. The number of hydrogen-bond acceptors (Lipinski definition) is 6. The average molecular weight is 263 g/mol. The Kier molecular flexibility index (Phi) is 3.87. The van der Waals surface area contributed by atoms with Gasteiger partial charge in [0, 0.05) is 20.1 Å². The zero-order chi connectivity index (χ0) is 14.0. The van der Waals surface area contributed by atoms with Crippen molar-refractivity contribution < 1.29 is 4.79 Å². The summed E-state index contributed by atoms with van der Waals surface area (Å²) >= 11 is 0. The SMILES string of the molecule is CCC(CC)N1c2nc(N(C)C)cnc2NC1C=O. The van der Waals surface area contributed by atoms with E-state index in [1.807, 2.05) is 23.9 Å². The van der Waals surface area contributed by atoms with Gasteiger partial charge in [0.2, 0.25) is 0 Å². The number of anilines is 3. The van der Waals surface area contributed by atoms with Crippen molar-refractivity contribution in [1.82, 2.24) is 9.97 Å². The van der Waals surface area contributed by atoms with Crippen LogP contribution < -0.4 is 15.1 Å². The fourth-order valence-corrected chi connectivity index (χ4v) is 2.39. The molecule has 0 aromatic carbocycles. The van der Waals surface area contributed by atoms with Crippen molar-refractivity contribution >= 4 is 23.7 Å². The van der Waals surface area contributed by atoms with Crippen LogP contribution in [-0.2, 0) is 4.79 Å². The molecular formula is C13H21N5O. The molecule has 6 nitrogen and oxygen atoms in total. The van der Waals surface area contributed by atoms with Crippen molar-refractivity contribution in [3.05, 3.63) is 6.20 Å². The number of nitrogens with one attached hydrogen (secondary N) is 1. The van der Waals surface area contributed by atoms with Crippen LogP contribution in [0.1, 0.15) is 26.7 Å². The lowest BCUT2D eigenvalue weighted by atomic mass is 10.1. The highest BCUT2D eigenvalue weighted by Crippen LogP contribution is 2.34. The maximum Gasteiger partial charge on any atom is 0.176 e. The van der Waals surface area contributed by atoms with Crippen LogP contribution in [-0.4, -0.2) is 42.6 Å². The number of nitrogens with zero attached hydrogens (tertiary/aromatic N) is 4. The standard InChI is InChI=1S/C13H21N5O/c1-5-9(6-2)18-11(8-19)15-12-13(18)16-10(7-14-12)17(3)4/h7-9,11H,5-6H2,1-4H3,(H,14,15). The lowest BCUT2D eigenvalue weighted by molar-refractivity contribution is -0.108. The summed E-state index contributed by atoms with van der Waals surface area (Å²) in [5, 5.41) is 3.12. The topological polar surface area (TPSA) is 61.4 Å². The van der Waals surface area contributed by atoms with Crippen LogP contribution in [0.2, 0.25) is 0 Å². The van der Waals surface area contributed by atoms with Crippen molar-refractivity contribution in [2.24, 2.45) is 0 Å². The summed E-state index contributed by atoms with van der Waals surface area (Å²) in [6, 6.07) is 0.288. The predicted molar refractivity (Wildman–Crippen MR) is 76.7 cm³/mol. The Labute approximate surface area is 113 Å². The van der Waals surface area contributed by atoms with Gasteiger partial charge in [0.05, 0.1) is 6.20 Å². The molecule has 0 saturated carbocycles. The van der Waals surface area contributed by atoms with Gasteiger partial charge in [-0.05, 0) is 12.8 Å². The molecule has 104 valence electrons. The third-order valence-corrected chi connectivity index (χ3v) is 3.49. The van der Waals surface area contributed by atoms with Gasteiger partial charge in [0.15, 0.2) is 24.1 Å². The molecule has 1 aromatic heterocycles. The molecule has 1 aromatic rings. The van der Waals surface area contributed by atoms with Gasteiger partial charge >= 0.3 is 0 Å². The van der Waals surface area contributed by atoms with E-state index in [0.717, 1.165) is 30.8 Å². The molecule has 2 heterocycles. The average Bonchev–Trinajstić information content (AvgIpc) is 2.78. The van der Waals surface area contributed by atoms with Gasteiger partial charge in [0.25, 0.3) is 0 Å². The highest BCUT2D eigenvalue weighted by atomic mass is 16.1. The number of fused-ring (bicyclic) bond motifs is 1. The molecule has 1 atom stereocenters. The van der Waals surface area contributed by atoms with E-state index in [0.29, 0.717) is 5.82 Å². The Morgan fingerprint density at radius 3 is 2.68 bits per heavy atom. The van der Waals surface area contributed by atoms with Gasteiger partial charge in [-0.25, -0.2) is 9.97 Å². The van der Waals surface area contributed by atoms with Gasteiger partial charge in [-0.2, -0.15) is 0 Å². The molecule has 0 bridgehead atoms. The van der Waals surface area contributed by atoms with Crippen molar-refractivity contribution in [3.63, 3.8) is 0 Å². The second-order valence-electron chi connectivity index (χ2n) is 4.90. The summed E-state index contributed by atoms with van der Waals surface area (Å²) in [4.78, 5) is 24.2. The molecule has 0 saturated heterocycles. The van der Waals surface area contributed by atoms with Gasteiger partial charge < -0.3 is 15.1 Å². The number of hydrogen-bond donors (Lipinski definition) is 1. The van der Waals surface area contributed by atoms with Crippen LogP contribution in [0.4, 0.5) is 17.5 Å². The fraction of sp³-hybridized carbons (Fsp3) is 0.615. The molecule has 1 aliphatic rings. The number of aldehydes is 1. The van der Waals surface area contributed by atoms with E-state index in [4.69, 9.17) is 0 Å². The summed E-state index contributed by atoms with van der Waals surface area (Å²) in [5.74, 6) is 2.26. The number of carbonyl (C=O) groups is 1. The van der Waals surface area contributed by atoms with Gasteiger partial charge in [-0.1, -0.05) is 13.8 Å². The first-order chi connectivity index (χ1) is 9.12. The van der Waals surface area contributed by atoms with Crippen LogP contribution >= 0.6 is 0 Å². The van der Waals surface area contributed by atoms with E-state index < -0.39 is 0 Å². The van der Waals surface area contributed by atoms with E-state index in [9.17, 15) is 4.79 Å².